The summed E-state index contributed by atoms with van der Waals surface area (Å²) in [5.74, 6) is -0.333. The van der Waals surface area contributed by atoms with Crippen molar-refractivity contribution in [1.82, 2.24) is 10.3 Å². The third-order valence-corrected chi connectivity index (χ3v) is 7.84. The lowest BCUT2D eigenvalue weighted by Gasteiger charge is -2.20. The van der Waals surface area contributed by atoms with Crippen LogP contribution in [0.15, 0.2) is 73.1 Å². The zero-order chi connectivity index (χ0) is 31.1. The Balaban J connectivity index is 1.43. The third-order valence-electron chi connectivity index (χ3n) is 7.55. The number of carboxylic acid groups (broad SMARTS) is 1. The molecule has 5 rings (SSSR count). The maximum absolute atomic E-state index is 11.4. The minimum Gasteiger partial charge on any atom is -0.488 e. The molecule has 226 valence electrons. The van der Waals surface area contributed by atoms with Crippen LogP contribution in [-0.4, -0.2) is 40.9 Å². The van der Waals surface area contributed by atoms with E-state index in [-0.39, 0.29) is 19.3 Å². The Bertz CT molecular complexity index is 1690. The number of hydrogen-bond donors (Lipinski definition) is 3. The van der Waals surface area contributed by atoms with E-state index in [1.54, 1.807) is 31.5 Å². The first-order valence-electron chi connectivity index (χ1n) is 14.1. The molecule has 1 aromatic heterocycles. The Kier molecular flexibility index (Phi) is 10.1. The molecule has 0 saturated heterocycles. The average molecular weight is 614 g/mol. The van der Waals surface area contributed by atoms with Gasteiger partial charge in [0.15, 0.2) is 0 Å². The van der Waals surface area contributed by atoms with Gasteiger partial charge in [-0.05, 0) is 52.8 Å². The number of aliphatic hydroxyl groups excluding tert-OH is 1. The van der Waals surface area contributed by atoms with Crippen molar-refractivity contribution in [1.29, 1.82) is 5.26 Å². The number of ether oxygens (including phenoxy) is 3. The molecular formula is C34H32ClN3O6. The molecule has 1 heterocycles. The second-order valence-electron chi connectivity index (χ2n) is 10.4. The molecule has 1 aliphatic carbocycles. The summed E-state index contributed by atoms with van der Waals surface area (Å²) in [7, 11) is 1.69. The maximum atomic E-state index is 11.4. The highest BCUT2D eigenvalue weighted by Crippen LogP contribution is 2.43. The second kappa shape index (κ2) is 14.3. The molecule has 0 amide bonds. The molecule has 4 aromatic rings. The van der Waals surface area contributed by atoms with E-state index in [4.69, 9.17) is 25.8 Å². The summed E-state index contributed by atoms with van der Waals surface area (Å²) in [4.78, 5) is 15.5. The number of nitriles is 1. The third kappa shape index (κ3) is 7.01. The highest BCUT2D eigenvalue weighted by atomic mass is 35.5. The number of nitrogens with one attached hydrogen (secondary N) is 1. The molecule has 3 N–H and O–H groups in total. The minimum atomic E-state index is -1.18. The largest absolute Gasteiger partial charge is 0.488 e. The summed E-state index contributed by atoms with van der Waals surface area (Å²) in [5.41, 5.74) is 7.39. The Morgan fingerprint density at radius 1 is 1.09 bits per heavy atom. The van der Waals surface area contributed by atoms with Crippen LogP contribution in [0, 0.1) is 11.3 Å². The lowest BCUT2D eigenvalue weighted by Crippen LogP contribution is -2.39. The molecule has 44 heavy (non-hydrogen) atoms. The summed E-state index contributed by atoms with van der Waals surface area (Å²) >= 11 is 6.72. The normalized spacial score (nSPS) is 14.5. The number of carbonyl (C=O) groups is 1. The van der Waals surface area contributed by atoms with E-state index in [0.717, 1.165) is 35.1 Å². The smallest absolute Gasteiger partial charge is 0.323 e. The molecule has 1 aliphatic rings. The van der Waals surface area contributed by atoms with Gasteiger partial charge in [-0.1, -0.05) is 54.1 Å². The van der Waals surface area contributed by atoms with E-state index in [0.29, 0.717) is 39.8 Å². The number of aliphatic hydroxyl groups is 1. The number of aromatic nitrogens is 1. The van der Waals surface area contributed by atoms with Gasteiger partial charge in [-0.25, -0.2) is 0 Å². The van der Waals surface area contributed by atoms with Crippen LogP contribution in [0.1, 0.15) is 45.9 Å². The van der Waals surface area contributed by atoms with Crippen LogP contribution in [0.2, 0.25) is 5.02 Å². The number of hydrogen-bond acceptors (Lipinski definition) is 8. The van der Waals surface area contributed by atoms with Crippen LogP contribution in [0.3, 0.4) is 0 Å². The first-order chi connectivity index (χ1) is 21.4. The van der Waals surface area contributed by atoms with Crippen molar-refractivity contribution in [2.75, 3.05) is 13.7 Å². The Morgan fingerprint density at radius 3 is 2.68 bits per heavy atom. The van der Waals surface area contributed by atoms with E-state index >= 15 is 0 Å². The van der Waals surface area contributed by atoms with Crippen molar-refractivity contribution in [2.45, 2.75) is 44.7 Å². The van der Waals surface area contributed by atoms with Crippen LogP contribution >= 0.6 is 11.6 Å². The summed E-state index contributed by atoms with van der Waals surface area (Å²) in [6.07, 6.45) is 4.43. The number of fused-ring (bicyclic) bond motifs is 1. The fourth-order valence-corrected chi connectivity index (χ4v) is 5.63. The fourth-order valence-electron chi connectivity index (χ4n) is 5.40. The van der Waals surface area contributed by atoms with Crippen molar-refractivity contribution < 1.29 is 29.2 Å². The quantitative estimate of drug-likeness (QED) is 0.176. The number of rotatable bonds is 13. The van der Waals surface area contributed by atoms with E-state index in [1.807, 2.05) is 18.2 Å². The standard InChI is InChI=1S/C34H32ClN3O6/c1-42-20-23-5-2-3-6-25(23)26-7-4-8-28-27(26)9-10-31(28)44-33-13-32(43-19-22-11-21(14-36)15-37-16-22)24(12-29(33)35)17-38-30(18-39)34(40)41/h2-8,11-13,15-16,30-31,38-39H,9-10,17-20H2,1H3,(H,40,41)/t30-,31-/m0/s1. The van der Waals surface area contributed by atoms with Gasteiger partial charge in [0.1, 0.15) is 36.3 Å². The maximum Gasteiger partial charge on any atom is 0.323 e. The number of halogens is 1. The molecule has 0 bridgehead atoms. The van der Waals surface area contributed by atoms with E-state index < -0.39 is 18.6 Å². The molecule has 0 spiro atoms. The zero-order valence-electron chi connectivity index (χ0n) is 24.1. The van der Waals surface area contributed by atoms with Crippen molar-refractivity contribution >= 4 is 17.6 Å². The molecule has 9 nitrogen and oxygen atoms in total. The SMILES string of the molecule is COCc1ccccc1-c1cccc2c1CC[C@@H]2Oc1cc(OCc2cncc(C#N)c2)c(CN[C@@H](CO)C(=O)O)cc1Cl. The number of carboxylic acids is 1. The number of aliphatic carboxylic acids is 1. The Hall–Kier alpha value is -4.46. The van der Waals surface area contributed by atoms with E-state index in [9.17, 15) is 20.3 Å². The molecule has 0 fully saturated rings. The van der Waals surface area contributed by atoms with Gasteiger partial charge in [-0.3, -0.25) is 15.1 Å². The van der Waals surface area contributed by atoms with Gasteiger partial charge in [0.25, 0.3) is 0 Å². The average Bonchev–Trinajstić information content (AvgIpc) is 3.45. The monoisotopic (exact) mass is 613 g/mol. The number of methoxy groups -OCH3 is 1. The van der Waals surface area contributed by atoms with Gasteiger partial charge < -0.3 is 24.4 Å². The van der Waals surface area contributed by atoms with Gasteiger partial charge in [0.2, 0.25) is 0 Å². The first-order valence-corrected chi connectivity index (χ1v) is 14.5. The fraction of sp³-hybridized carbons (Fsp3) is 0.265. The molecule has 10 heteroatoms. The van der Waals surface area contributed by atoms with Gasteiger partial charge >= 0.3 is 5.97 Å². The molecular weight excluding hydrogens is 582 g/mol. The zero-order valence-corrected chi connectivity index (χ0v) is 24.9. The van der Waals surface area contributed by atoms with Gasteiger partial charge in [-0.15, -0.1) is 0 Å². The highest BCUT2D eigenvalue weighted by molar-refractivity contribution is 6.32. The van der Waals surface area contributed by atoms with Crippen molar-refractivity contribution in [3.63, 3.8) is 0 Å². The highest BCUT2D eigenvalue weighted by Gasteiger charge is 2.28. The second-order valence-corrected chi connectivity index (χ2v) is 10.8. The molecule has 0 saturated carbocycles. The van der Waals surface area contributed by atoms with Crippen LogP contribution in [0.4, 0.5) is 0 Å². The van der Waals surface area contributed by atoms with E-state index in [2.05, 4.69) is 40.6 Å². The molecule has 3 aromatic carbocycles. The summed E-state index contributed by atoms with van der Waals surface area (Å²) < 4.78 is 18.1. The van der Waals surface area contributed by atoms with Crippen LogP contribution in [-0.2, 0) is 35.7 Å². The van der Waals surface area contributed by atoms with Gasteiger partial charge in [-0.2, -0.15) is 5.26 Å². The molecule has 2 atom stereocenters. The summed E-state index contributed by atoms with van der Waals surface area (Å²) in [5, 5.41) is 31.2. The first kappa shape index (κ1) is 31.0. The van der Waals surface area contributed by atoms with Crippen molar-refractivity contribution in [3.05, 3.63) is 111 Å². The van der Waals surface area contributed by atoms with Crippen LogP contribution < -0.4 is 14.8 Å². The molecule has 0 aliphatic heterocycles. The molecule has 0 unspecified atom stereocenters. The predicted octanol–water partition coefficient (Wildman–Crippen LogP) is 5.60. The van der Waals surface area contributed by atoms with Crippen molar-refractivity contribution in [3.8, 4) is 28.7 Å². The predicted molar refractivity (Wildman–Crippen MR) is 164 cm³/mol. The number of pyridine rings is 1. The Morgan fingerprint density at radius 2 is 1.91 bits per heavy atom. The summed E-state index contributed by atoms with van der Waals surface area (Å²) in [6.45, 7) is 0.114. The van der Waals surface area contributed by atoms with E-state index in [1.165, 1.54) is 11.8 Å². The number of nitrogens with zero attached hydrogens (tertiary/aromatic N) is 2. The van der Waals surface area contributed by atoms with Crippen molar-refractivity contribution in [2.24, 2.45) is 0 Å². The Labute approximate surface area is 260 Å². The lowest BCUT2D eigenvalue weighted by atomic mass is 9.93. The van der Waals surface area contributed by atoms with Crippen LogP contribution in [0.25, 0.3) is 11.1 Å². The topological polar surface area (TPSA) is 134 Å². The minimum absolute atomic E-state index is 0.0693. The van der Waals surface area contributed by atoms with Gasteiger partial charge in [0, 0.05) is 43.2 Å². The number of benzene rings is 3. The lowest BCUT2D eigenvalue weighted by molar-refractivity contribution is -0.140. The van der Waals surface area contributed by atoms with Crippen LogP contribution in [0.5, 0.6) is 11.5 Å². The molecule has 0 radical (unpaired) electrons. The van der Waals surface area contributed by atoms with Gasteiger partial charge in [0.05, 0.1) is 23.8 Å². The summed E-state index contributed by atoms with van der Waals surface area (Å²) in [6, 6.07) is 20.4.